The molecule has 17 heavy (non-hydrogen) atoms. The molecular formula is C15H17NO. The highest BCUT2D eigenvalue weighted by Crippen LogP contribution is 2.21. The molecule has 2 nitrogen and oxygen atoms in total. The fourth-order valence-electron chi connectivity index (χ4n) is 1.76. The monoisotopic (exact) mass is 227 g/mol. The first kappa shape index (κ1) is 11.6. The highest BCUT2D eigenvalue weighted by Gasteiger charge is 2.00. The Morgan fingerprint density at radius 3 is 2.59 bits per heavy atom. The minimum atomic E-state index is 0.650. The van der Waals surface area contributed by atoms with Gasteiger partial charge in [0.1, 0.15) is 0 Å². The van der Waals surface area contributed by atoms with Crippen LogP contribution in [0, 0.1) is 0 Å². The van der Waals surface area contributed by atoms with Gasteiger partial charge in [-0.1, -0.05) is 31.2 Å². The molecule has 0 saturated carbocycles. The van der Waals surface area contributed by atoms with Crippen molar-refractivity contribution in [2.45, 2.75) is 20.3 Å². The summed E-state index contributed by atoms with van der Waals surface area (Å²) in [4.78, 5) is 4.28. The predicted octanol–water partition coefficient (Wildman–Crippen LogP) is 3.71. The van der Waals surface area contributed by atoms with E-state index in [-0.39, 0.29) is 0 Å². The number of hydrogen-bond donors (Lipinski definition) is 0. The van der Waals surface area contributed by atoms with Crippen LogP contribution in [0.1, 0.15) is 19.4 Å². The Balaban J connectivity index is 2.26. The molecule has 1 aromatic heterocycles. The van der Waals surface area contributed by atoms with Gasteiger partial charge >= 0.3 is 0 Å². The number of rotatable bonds is 4. The van der Waals surface area contributed by atoms with Crippen LogP contribution >= 0.6 is 0 Å². The van der Waals surface area contributed by atoms with E-state index in [1.165, 1.54) is 11.1 Å². The summed E-state index contributed by atoms with van der Waals surface area (Å²) >= 11 is 0. The van der Waals surface area contributed by atoms with Crippen LogP contribution in [0.25, 0.3) is 11.1 Å². The molecule has 0 fully saturated rings. The minimum Gasteiger partial charge on any atom is -0.478 e. The molecule has 2 rings (SSSR count). The molecule has 0 aliphatic heterocycles. The standard InChI is InChI=1S/C15H17NO/c1-3-12-6-5-7-13(10-12)14-8-9-15(16-11-14)17-4-2/h5-11H,3-4H2,1-2H3. The van der Waals surface area contributed by atoms with Gasteiger partial charge in [0.05, 0.1) is 6.61 Å². The fraction of sp³-hybridized carbons (Fsp3) is 0.267. The average molecular weight is 227 g/mol. The van der Waals surface area contributed by atoms with Crippen molar-refractivity contribution in [3.8, 4) is 17.0 Å². The molecule has 1 aromatic carbocycles. The van der Waals surface area contributed by atoms with Crippen molar-refractivity contribution < 1.29 is 4.74 Å². The molecule has 0 bridgehead atoms. The SMILES string of the molecule is CCOc1ccc(-c2cccc(CC)c2)cn1. The molecule has 0 N–H and O–H groups in total. The summed E-state index contributed by atoms with van der Waals surface area (Å²) in [6, 6.07) is 12.5. The van der Waals surface area contributed by atoms with Gasteiger partial charge in [0, 0.05) is 17.8 Å². The van der Waals surface area contributed by atoms with E-state index < -0.39 is 0 Å². The second kappa shape index (κ2) is 5.48. The van der Waals surface area contributed by atoms with Gasteiger partial charge in [-0.15, -0.1) is 0 Å². The van der Waals surface area contributed by atoms with Crippen LogP contribution in [-0.4, -0.2) is 11.6 Å². The smallest absolute Gasteiger partial charge is 0.213 e. The Bertz CT molecular complexity index is 477. The zero-order chi connectivity index (χ0) is 12.1. The number of nitrogens with zero attached hydrogens (tertiary/aromatic N) is 1. The molecule has 88 valence electrons. The maximum Gasteiger partial charge on any atom is 0.213 e. The lowest BCUT2D eigenvalue weighted by Gasteiger charge is -2.05. The van der Waals surface area contributed by atoms with E-state index in [4.69, 9.17) is 4.74 Å². The third kappa shape index (κ3) is 2.84. The molecule has 0 atom stereocenters. The van der Waals surface area contributed by atoms with Crippen LogP contribution in [0.2, 0.25) is 0 Å². The molecule has 0 aliphatic carbocycles. The topological polar surface area (TPSA) is 22.1 Å². The van der Waals surface area contributed by atoms with E-state index in [0.717, 1.165) is 12.0 Å². The first-order valence-corrected chi connectivity index (χ1v) is 6.01. The quantitative estimate of drug-likeness (QED) is 0.794. The molecule has 0 amide bonds. The summed E-state index contributed by atoms with van der Waals surface area (Å²) in [5, 5.41) is 0. The number of ether oxygens (including phenoxy) is 1. The lowest BCUT2D eigenvalue weighted by atomic mass is 10.0. The van der Waals surface area contributed by atoms with Crippen molar-refractivity contribution in [3.05, 3.63) is 48.2 Å². The third-order valence-electron chi connectivity index (χ3n) is 2.70. The van der Waals surface area contributed by atoms with Gasteiger partial charge in [-0.25, -0.2) is 4.98 Å². The van der Waals surface area contributed by atoms with E-state index >= 15 is 0 Å². The first-order valence-electron chi connectivity index (χ1n) is 6.01. The van der Waals surface area contributed by atoms with E-state index in [0.29, 0.717) is 12.5 Å². The molecule has 0 saturated heterocycles. The van der Waals surface area contributed by atoms with Crippen molar-refractivity contribution in [3.63, 3.8) is 0 Å². The zero-order valence-electron chi connectivity index (χ0n) is 10.3. The second-order valence-corrected chi connectivity index (χ2v) is 3.87. The molecular weight excluding hydrogens is 210 g/mol. The van der Waals surface area contributed by atoms with Crippen LogP contribution in [0.15, 0.2) is 42.6 Å². The number of hydrogen-bond acceptors (Lipinski definition) is 2. The number of aryl methyl sites for hydroxylation is 1. The summed E-state index contributed by atoms with van der Waals surface area (Å²) in [5.74, 6) is 0.683. The Labute approximate surface area is 102 Å². The van der Waals surface area contributed by atoms with Crippen molar-refractivity contribution in [2.75, 3.05) is 6.61 Å². The van der Waals surface area contributed by atoms with Gasteiger partial charge in [0.2, 0.25) is 5.88 Å². The summed E-state index contributed by atoms with van der Waals surface area (Å²) < 4.78 is 5.33. The maximum absolute atomic E-state index is 5.33. The Hall–Kier alpha value is -1.83. The van der Waals surface area contributed by atoms with Gasteiger partial charge in [-0.2, -0.15) is 0 Å². The van der Waals surface area contributed by atoms with Crippen LogP contribution < -0.4 is 4.74 Å². The zero-order valence-corrected chi connectivity index (χ0v) is 10.3. The van der Waals surface area contributed by atoms with Gasteiger partial charge in [0.25, 0.3) is 0 Å². The summed E-state index contributed by atoms with van der Waals surface area (Å²) in [6.07, 6.45) is 2.91. The van der Waals surface area contributed by atoms with E-state index in [1.807, 2.05) is 25.3 Å². The Morgan fingerprint density at radius 2 is 1.94 bits per heavy atom. The summed E-state index contributed by atoms with van der Waals surface area (Å²) in [7, 11) is 0. The number of pyridine rings is 1. The van der Waals surface area contributed by atoms with Crippen LogP contribution in [0.4, 0.5) is 0 Å². The molecule has 0 spiro atoms. The predicted molar refractivity (Wildman–Crippen MR) is 70.2 cm³/mol. The molecule has 2 aromatic rings. The Morgan fingerprint density at radius 1 is 1.06 bits per heavy atom. The third-order valence-corrected chi connectivity index (χ3v) is 2.70. The normalized spacial score (nSPS) is 10.2. The highest BCUT2D eigenvalue weighted by molar-refractivity contribution is 5.63. The van der Waals surface area contributed by atoms with E-state index in [9.17, 15) is 0 Å². The lowest BCUT2D eigenvalue weighted by molar-refractivity contribution is 0.327. The van der Waals surface area contributed by atoms with Crippen molar-refractivity contribution in [2.24, 2.45) is 0 Å². The molecule has 2 heteroatoms. The number of aromatic nitrogens is 1. The largest absolute Gasteiger partial charge is 0.478 e. The molecule has 0 aliphatic rings. The van der Waals surface area contributed by atoms with Crippen molar-refractivity contribution >= 4 is 0 Å². The van der Waals surface area contributed by atoms with Gasteiger partial charge in [-0.3, -0.25) is 0 Å². The molecule has 0 unspecified atom stereocenters. The van der Waals surface area contributed by atoms with Crippen molar-refractivity contribution in [1.82, 2.24) is 4.98 Å². The lowest BCUT2D eigenvalue weighted by Crippen LogP contribution is -1.93. The van der Waals surface area contributed by atoms with E-state index in [1.54, 1.807) is 0 Å². The first-order chi connectivity index (χ1) is 8.33. The van der Waals surface area contributed by atoms with Gasteiger partial charge in [0.15, 0.2) is 0 Å². The maximum atomic E-state index is 5.33. The molecule has 1 heterocycles. The Kier molecular flexibility index (Phi) is 3.76. The van der Waals surface area contributed by atoms with Crippen LogP contribution in [0.5, 0.6) is 5.88 Å². The number of benzene rings is 1. The van der Waals surface area contributed by atoms with Gasteiger partial charge in [-0.05, 0) is 30.5 Å². The van der Waals surface area contributed by atoms with Crippen LogP contribution in [-0.2, 0) is 6.42 Å². The minimum absolute atomic E-state index is 0.650. The summed E-state index contributed by atoms with van der Waals surface area (Å²) in [6.45, 7) is 4.77. The average Bonchev–Trinajstić information content (AvgIpc) is 2.40. The van der Waals surface area contributed by atoms with Crippen molar-refractivity contribution in [1.29, 1.82) is 0 Å². The van der Waals surface area contributed by atoms with Gasteiger partial charge < -0.3 is 4.74 Å². The van der Waals surface area contributed by atoms with E-state index in [2.05, 4.69) is 36.2 Å². The second-order valence-electron chi connectivity index (χ2n) is 3.87. The fourth-order valence-corrected chi connectivity index (χ4v) is 1.76. The molecule has 0 radical (unpaired) electrons. The highest BCUT2D eigenvalue weighted by atomic mass is 16.5. The summed E-state index contributed by atoms with van der Waals surface area (Å²) in [5.41, 5.74) is 3.68. The van der Waals surface area contributed by atoms with Crippen LogP contribution in [0.3, 0.4) is 0 Å².